The van der Waals surface area contributed by atoms with Crippen LogP contribution < -0.4 is 4.72 Å². The van der Waals surface area contributed by atoms with E-state index in [4.69, 9.17) is 5.11 Å². The van der Waals surface area contributed by atoms with Crippen LogP contribution in [0.15, 0.2) is 11.0 Å². The van der Waals surface area contributed by atoms with Crippen molar-refractivity contribution >= 4 is 27.3 Å². The van der Waals surface area contributed by atoms with Gasteiger partial charge in [0, 0.05) is 11.4 Å². The van der Waals surface area contributed by atoms with E-state index < -0.39 is 16.0 Å². The molecule has 0 saturated heterocycles. The molecule has 1 aromatic heterocycles. The molecule has 2 unspecified atom stereocenters. The summed E-state index contributed by atoms with van der Waals surface area (Å²) in [6.45, 7) is 1.86. The van der Waals surface area contributed by atoms with Crippen molar-refractivity contribution in [2.75, 3.05) is 6.54 Å². The monoisotopic (exact) mass is 319 g/mol. The van der Waals surface area contributed by atoms with Crippen LogP contribution in [0.2, 0.25) is 0 Å². The minimum absolute atomic E-state index is 0.0131. The number of rotatable bonds is 5. The molecule has 3 N–H and O–H groups in total. The second-order valence-electron chi connectivity index (χ2n) is 5.02. The number of carbonyl (C=O) groups is 1. The van der Waals surface area contributed by atoms with Gasteiger partial charge in [-0.15, -0.1) is 11.3 Å². The van der Waals surface area contributed by atoms with Gasteiger partial charge in [0.1, 0.15) is 4.88 Å². The van der Waals surface area contributed by atoms with E-state index in [1.807, 2.05) is 0 Å². The van der Waals surface area contributed by atoms with Gasteiger partial charge in [-0.05, 0) is 38.2 Å². The SMILES string of the molecule is Cc1sc(C(=O)O)cc1S(=O)(=O)NCC1CCC(O)C1. The van der Waals surface area contributed by atoms with Crippen LogP contribution in [0.4, 0.5) is 0 Å². The average molecular weight is 319 g/mol. The summed E-state index contributed by atoms with van der Waals surface area (Å²) < 4.78 is 26.8. The van der Waals surface area contributed by atoms with E-state index >= 15 is 0 Å². The van der Waals surface area contributed by atoms with Crippen molar-refractivity contribution in [3.05, 3.63) is 15.8 Å². The van der Waals surface area contributed by atoms with Crippen molar-refractivity contribution in [1.82, 2.24) is 4.72 Å². The maximum Gasteiger partial charge on any atom is 0.345 e. The van der Waals surface area contributed by atoms with Crippen molar-refractivity contribution in [2.24, 2.45) is 5.92 Å². The number of hydrogen-bond donors (Lipinski definition) is 3. The van der Waals surface area contributed by atoms with Gasteiger partial charge in [-0.2, -0.15) is 0 Å². The molecule has 1 heterocycles. The van der Waals surface area contributed by atoms with Crippen molar-refractivity contribution in [2.45, 2.75) is 37.2 Å². The molecule has 0 spiro atoms. The lowest BCUT2D eigenvalue weighted by molar-refractivity contribution is 0.0702. The third kappa shape index (κ3) is 3.38. The Labute approximate surface area is 121 Å². The maximum absolute atomic E-state index is 12.2. The Balaban J connectivity index is 2.08. The largest absolute Gasteiger partial charge is 0.477 e. The van der Waals surface area contributed by atoms with Crippen LogP contribution in [0.25, 0.3) is 0 Å². The highest BCUT2D eigenvalue weighted by molar-refractivity contribution is 7.89. The summed E-state index contributed by atoms with van der Waals surface area (Å²) in [6.07, 6.45) is 1.76. The fourth-order valence-corrected chi connectivity index (χ4v) is 4.92. The quantitative estimate of drug-likeness (QED) is 0.756. The molecule has 0 aromatic carbocycles. The second kappa shape index (κ2) is 5.80. The van der Waals surface area contributed by atoms with Gasteiger partial charge >= 0.3 is 5.97 Å². The van der Waals surface area contributed by atoms with E-state index in [0.717, 1.165) is 17.8 Å². The predicted octanol–water partition coefficient (Wildman–Crippen LogP) is 1.19. The van der Waals surface area contributed by atoms with E-state index in [2.05, 4.69) is 4.72 Å². The molecule has 0 aliphatic heterocycles. The van der Waals surface area contributed by atoms with E-state index in [0.29, 0.717) is 17.7 Å². The number of hydrogen-bond acceptors (Lipinski definition) is 5. The molecule has 1 aromatic rings. The van der Waals surface area contributed by atoms with Gasteiger partial charge in [0.25, 0.3) is 0 Å². The summed E-state index contributed by atoms with van der Waals surface area (Å²) in [5.74, 6) is -0.990. The Kier molecular flexibility index (Phi) is 4.48. The number of nitrogens with one attached hydrogen (secondary N) is 1. The number of thiophene rings is 1. The lowest BCUT2D eigenvalue weighted by Gasteiger charge is -2.11. The Morgan fingerprint density at radius 1 is 1.50 bits per heavy atom. The van der Waals surface area contributed by atoms with Crippen LogP contribution in [-0.4, -0.2) is 37.2 Å². The topological polar surface area (TPSA) is 104 Å². The molecule has 8 heteroatoms. The van der Waals surface area contributed by atoms with E-state index in [1.165, 1.54) is 6.07 Å². The van der Waals surface area contributed by atoms with Crippen LogP contribution in [0.1, 0.15) is 33.8 Å². The van der Waals surface area contributed by atoms with Gasteiger partial charge in [0.05, 0.1) is 11.0 Å². The lowest BCUT2D eigenvalue weighted by Crippen LogP contribution is -2.29. The first-order valence-corrected chi connectivity index (χ1v) is 8.61. The van der Waals surface area contributed by atoms with Gasteiger partial charge in [0.15, 0.2) is 0 Å². The van der Waals surface area contributed by atoms with E-state index in [9.17, 15) is 18.3 Å². The summed E-state index contributed by atoms with van der Waals surface area (Å²) >= 11 is 0.949. The molecular formula is C12H17NO5S2. The van der Waals surface area contributed by atoms with Crippen LogP contribution in [0.5, 0.6) is 0 Å². The molecule has 0 radical (unpaired) electrons. The molecule has 2 rings (SSSR count). The number of aliphatic hydroxyl groups excluding tert-OH is 1. The highest BCUT2D eigenvalue weighted by Crippen LogP contribution is 2.27. The van der Waals surface area contributed by atoms with Gasteiger partial charge in [-0.3, -0.25) is 0 Å². The second-order valence-corrected chi connectivity index (χ2v) is 8.01. The van der Waals surface area contributed by atoms with Gasteiger partial charge in [-0.25, -0.2) is 17.9 Å². The zero-order valence-electron chi connectivity index (χ0n) is 11.0. The molecule has 6 nitrogen and oxygen atoms in total. The van der Waals surface area contributed by atoms with Crippen molar-refractivity contribution in [3.63, 3.8) is 0 Å². The number of carboxylic acid groups (broad SMARTS) is 1. The molecule has 1 aliphatic rings. The zero-order valence-corrected chi connectivity index (χ0v) is 12.6. The molecular weight excluding hydrogens is 302 g/mol. The summed E-state index contributed by atoms with van der Waals surface area (Å²) in [5.41, 5.74) is 0. The van der Waals surface area contributed by atoms with Crippen LogP contribution >= 0.6 is 11.3 Å². The van der Waals surface area contributed by atoms with E-state index in [1.54, 1.807) is 6.92 Å². The molecule has 20 heavy (non-hydrogen) atoms. The van der Waals surface area contributed by atoms with Gasteiger partial charge < -0.3 is 10.2 Å². The molecule has 0 amide bonds. The van der Waals surface area contributed by atoms with Crippen molar-refractivity contribution in [1.29, 1.82) is 0 Å². The Hall–Kier alpha value is -0.960. The fourth-order valence-electron chi connectivity index (χ4n) is 2.38. The highest BCUT2D eigenvalue weighted by Gasteiger charge is 2.26. The molecule has 1 fully saturated rings. The third-order valence-electron chi connectivity index (χ3n) is 3.45. The fraction of sp³-hybridized carbons (Fsp3) is 0.583. The molecule has 2 atom stereocenters. The normalized spacial score (nSPS) is 23.1. The first kappa shape index (κ1) is 15.4. The van der Waals surface area contributed by atoms with Crippen LogP contribution in [0, 0.1) is 12.8 Å². The molecule has 1 saturated carbocycles. The zero-order chi connectivity index (χ0) is 14.9. The third-order valence-corrected chi connectivity index (χ3v) is 6.17. The Bertz CT molecular complexity index is 607. The predicted molar refractivity (Wildman–Crippen MR) is 74.6 cm³/mol. The smallest absolute Gasteiger partial charge is 0.345 e. The van der Waals surface area contributed by atoms with Gasteiger partial charge in [0.2, 0.25) is 10.0 Å². The first-order valence-electron chi connectivity index (χ1n) is 6.31. The standard InChI is InChI=1S/C12H17NO5S2/c1-7-11(5-10(19-7)12(15)16)20(17,18)13-6-8-2-3-9(14)4-8/h5,8-9,13-14H,2-4,6H2,1H3,(H,15,16). The van der Waals surface area contributed by atoms with Crippen LogP contribution in [-0.2, 0) is 10.0 Å². The van der Waals surface area contributed by atoms with Crippen molar-refractivity contribution in [3.8, 4) is 0 Å². The summed E-state index contributed by atoms with van der Waals surface area (Å²) in [5, 5.41) is 18.3. The van der Waals surface area contributed by atoms with E-state index in [-0.39, 0.29) is 28.3 Å². The number of aliphatic hydroxyl groups is 1. The van der Waals surface area contributed by atoms with Crippen LogP contribution in [0.3, 0.4) is 0 Å². The Morgan fingerprint density at radius 2 is 2.20 bits per heavy atom. The minimum atomic E-state index is -3.69. The average Bonchev–Trinajstić information content (AvgIpc) is 2.93. The molecule has 1 aliphatic carbocycles. The number of sulfonamides is 1. The lowest BCUT2D eigenvalue weighted by atomic mass is 10.1. The summed E-state index contributed by atoms with van der Waals surface area (Å²) in [4.78, 5) is 11.4. The number of aryl methyl sites for hydroxylation is 1. The number of carboxylic acids is 1. The minimum Gasteiger partial charge on any atom is -0.477 e. The summed E-state index contributed by atoms with van der Waals surface area (Å²) in [6, 6.07) is 1.19. The molecule has 0 bridgehead atoms. The van der Waals surface area contributed by atoms with Crippen molar-refractivity contribution < 1.29 is 23.4 Å². The molecule has 112 valence electrons. The number of aromatic carboxylic acids is 1. The Morgan fingerprint density at radius 3 is 2.70 bits per heavy atom. The highest BCUT2D eigenvalue weighted by atomic mass is 32.2. The van der Waals surface area contributed by atoms with Gasteiger partial charge in [-0.1, -0.05) is 0 Å². The summed E-state index contributed by atoms with van der Waals surface area (Å²) in [7, 11) is -3.69. The maximum atomic E-state index is 12.2. The first-order chi connectivity index (χ1) is 9.29.